The van der Waals surface area contributed by atoms with Gasteiger partial charge in [-0.1, -0.05) is 0 Å². The maximum absolute atomic E-state index is 12.0. The van der Waals surface area contributed by atoms with Crippen molar-refractivity contribution in [3.63, 3.8) is 0 Å². The van der Waals surface area contributed by atoms with E-state index in [1.807, 2.05) is 0 Å². The highest BCUT2D eigenvalue weighted by atomic mass is 16.1. The van der Waals surface area contributed by atoms with E-state index in [9.17, 15) is 4.79 Å². The van der Waals surface area contributed by atoms with Crippen LogP contribution in [0.1, 0.15) is 26.2 Å². The SMILES string of the molecule is CC(C#N)CNC(=O)C1C2CCC(C2)C1N. The standard InChI is InChI=1S/C12H19N3O/c1-7(5-13)6-15-12(16)10-8-2-3-9(4-8)11(10)14/h7-11H,2-4,6,14H2,1H3,(H,15,16). The molecule has 0 aromatic heterocycles. The molecule has 4 nitrogen and oxygen atoms in total. The number of nitrogens with two attached hydrogens (primary N) is 1. The zero-order chi connectivity index (χ0) is 11.7. The average molecular weight is 221 g/mol. The van der Waals surface area contributed by atoms with Crippen LogP contribution in [0.25, 0.3) is 0 Å². The van der Waals surface area contributed by atoms with E-state index in [2.05, 4.69) is 11.4 Å². The van der Waals surface area contributed by atoms with Gasteiger partial charge in [0.1, 0.15) is 0 Å². The largest absolute Gasteiger partial charge is 0.354 e. The summed E-state index contributed by atoms with van der Waals surface area (Å²) in [5.74, 6) is 0.955. The van der Waals surface area contributed by atoms with Crippen LogP contribution in [0.2, 0.25) is 0 Å². The van der Waals surface area contributed by atoms with Gasteiger partial charge in [-0.25, -0.2) is 0 Å². The summed E-state index contributed by atoms with van der Waals surface area (Å²) in [5, 5.41) is 11.5. The number of hydrogen-bond donors (Lipinski definition) is 2. The van der Waals surface area contributed by atoms with Gasteiger partial charge in [-0.15, -0.1) is 0 Å². The lowest BCUT2D eigenvalue weighted by molar-refractivity contribution is -0.127. The fraction of sp³-hybridized carbons (Fsp3) is 0.833. The van der Waals surface area contributed by atoms with Crippen molar-refractivity contribution >= 4 is 5.91 Å². The van der Waals surface area contributed by atoms with Crippen molar-refractivity contribution in [2.24, 2.45) is 29.4 Å². The molecule has 2 saturated carbocycles. The van der Waals surface area contributed by atoms with Crippen LogP contribution in [0.4, 0.5) is 0 Å². The third-order valence-corrected chi connectivity index (χ3v) is 4.09. The van der Waals surface area contributed by atoms with Gasteiger partial charge in [0, 0.05) is 12.6 Å². The van der Waals surface area contributed by atoms with E-state index < -0.39 is 0 Å². The van der Waals surface area contributed by atoms with Crippen LogP contribution < -0.4 is 11.1 Å². The molecule has 2 aliphatic carbocycles. The van der Waals surface area contributed by atoms with E-state index in [1.54, 1.807) is 6.92 Å². The fourth-order valence-electron chi connectivity index (χ4n) is 3.14. The highest BCUT2D eigenvalue weighted by Crippen LogP contribution is 2.47. The number of fused-ring (bicyclic) bond motifs is 2. The van der Waals surface area contributed by atoms with Crippen LogP contribution in [-0.4, -0.2) is 18.5 Å². The maximum Gasteiger partial charge on any atom is 0.225 e. The first kappa shape index (κ1) is 11.4. The molecule has 2 rings (SSSR count). The minimum atomic E-state index is -0.126. The Balaban J connectivity index is 1.88. The lowest BCUT2D eigenvalue weighted by Crippen LogP contribution is -2.46. The maximum atomic E-state index is 12.0. The molecule has 2 bridgehead atoms. The molecule has 5 unspecified atom stereocenters. The van der Waals surface area contributed by atoms with E-state index in [4.69, 9.17) is 11.0 Å². The van der Waals surface area contributed by atoms with Crippen LogP contribution in [0.15, 0.2) is 0 Å². The van der Waals surface area contributed by atoms with Gasteiger partial charge in [-0.05, 0) is 38.0 Å². The second-order valence-corrected chi connectivity index (χ2v) is 5.21. The number of nitrogens with one attached hydrogen (secondary N) is 1. The lowest BCUT2D eigenvalue weighted by atomic mass is 9.84. The molecule has 3 N–H and O–H groups in total. The quantitative estimate of drug-likeness (QED) is 0.734. The van der Waals surface area contributed by atoms with Crippen LogP contribution in [0, 0.1) is 35.0 Å². The van der Waals surface area contributed by atoms with E-state index >= 15 is 0 Å². The van der Waals surface area contributed by atoms with Crippen molar-refractivity contribution in [3.05, 3.63) is 0 Å². The van der Waals surface area contributed by atoms with Gasteiger partial charge < -0.3 is 11.1 Å². The number of nitriles is 1. The Labute approximate surface area is 96.2 Å². The second kappa shape index (κ2) is 4.42. The molecule has 4 heteroatoms. The number of amides is 1. The Morgan fingerprint density at radius 3 is 2.81 bits per heavy atom. The van der Waals surface area contributed by atoms with Gasteiger partial charge >= 0.3 is 0 Å². The van der Waals surface area contributed by atoms with Crippen LogP contribution in [-0.2, 0) is 4.79 Å². The molecule has 0 saturated heterocycles. The molecule has 0 radical (unpaired) electrons. The third-order valence-electron chi connectivity index (χ3n) is 4.09. The molecule has 16 heavy (non-hydrogen) atoms. The first-order chi connectivity index (χ1) is 7.63. The number of carbonyl (C=O) groups is 1. The molecule has 1 amide bonds. The smallest absolute Gasteiger partial charge is 0.225 e. The first-order valence-corrected chi connectivity index (χ1v) is 6.06. The predicted molar refractivity (Wildman–Crippen MR) is 60.1 cm³/mol. The van der Waals surface area contributed by atoms with Crippen LogP contribution in [0.3, 0.4) is 0 Å². The van der Waals surface area contributed by atoms with Crippen molar-refractivity contribution in [1.82, 2.24) is 5.32 Å². The highest BCUT2D eigenvalue weighted by Gasteiger charge is 2.48. The molecule has 0 aromatic rings. The molecular formula is C12H19N3O. The lowest BCUT2D eigenvalue weighted by Gasteiger charge is -2.27. The summed E-state index contributed by atoms with van der Waals surface area (Å²) in [7, 11) is 0. The summed E-state index contributed by atoms with van der Waals surface area (Å²) in [6, 6.07) is 2.15. The fourth-order valence-corrected chi connectivity index (χ4v) is 3.14. The minimum absolute atomic E-state index is 0.00959. The summed E-state index contributed by atoms with van der Waals surface area (Å²) >= 11 is 0. The molecule has 0 aliphatic heterocycles. The Bertz CT molecular complexity index is 321. The summed E-state index contributed by atoms with van der Waals surface area (Å²) in [6.07, 6.45) is 3.45. The van der Waals surface area contributed by atoms with E-state index in [-0.39, 0.29) is 23.8 Å². The van der Waals surface area contributed by atoms with Crippen molar-refractivity contribution in [3.8, 4) is 6.07 Å². The zero-order valence-electron chi connectivity index (χ0n) is 9.65. The van der Waals surface area contributed by atoms with Gasteiger partial charge in [-0.2, -0.15) is 5.26 Å². The topological polar surface area (TPSA) is 78.9 Å². The average Bonchev–Trinajstić information content (AvgIpc) is 2.85. The van der Waals surface area contributed by atoms with E-state index in [1.165, 1.54) is 6.42 Å². The second-order valence-electron chi connectivity index (χ2n) is 5.21. The Morgan fingerprint density at radius 1 is 1.56 bits per heavy atom. The van der Waals surface area contributed by atoms with Gasteiger partial charge in [0.05, 0.1) is 17.9 Å². The summed E-state index contributed by atoms with van der Waals surface area (Å²) in [4.78, 5) is 12.0. The Morgan fingerprint density at radius 2 is 2.25 bits per heavy atom. The minimum Gasteiger partial charge on any atom is -0.354 e. The molecule has 88 valence electrons. The summed E-state index contributed by atoms with van der Waals surface area (Å²) in [6.45, 7) is 2.25. The van der Waals surface area contributed by atoms with E-state index in [0.717, 1.165) is 12.8 Å². The third kappa shape index (κ3) is 1.92. The first-order valence-electron chi connectivity index (χ1n) is 6.06. The molecular weight excluding hydrogens is 202 g/mol. The van der Waals surface area contributed by atoms with Crippen molar-refractivity contribution in [2.45, 2.75) is 32.2 Å². The molecule has 5 atom stereocenters. The van der Waals surface area contributed by atoms with Gasteiger partial charge in [0.2, 0.25) is 5.91 Å². The highest BCUT2D eigenvalue weighted by molar-refractivity contribution is 5.80. The number of nitrogens with zero attached hydrogens (tertiary/aromatic N) is 1. The molecule has 0 heterocycles. The van der Waals surface area contributed by atoms with Gasteiger partial charge in [-0.3, -0.25) is 4.79 Å². The summed E-state index contributed by atoms with van der Waals surface area (Å²) < 4.78 is 0. The van der Waals surface area contributed by atoms with Crippen molar-refractivity contribution in [1.29, 1.82) is 5.26 Å². The van der Waals surface area contributed by atoms with Crippen molar-refractivity contribution < 1.29 is 4.79 Å². The normalized spacial score (nSPS) is 38.1. The predicted octanol–water partition coefficient (Wildman–Crippen LogP) is 0.636. The van der Waals surface area contributed by atoms with Gasteiger partial charge in [0.25, 0.3) is 0 Å². The van der Waals surface area contributed by atoms with E-state index in [0.29, 0.717) is 18.4 Å². The molecule has 0 aromatic carbocycles. The Hall–Kier alpha value is -1.08. The van der Waals surface area contributed by atoms with Crippen LogP contribution >= 0.6 is 0 Å². The zero-order valence-corrected chi connectivity index (χ0v) is 9.65. The molecule has 2 fully saturated rings. The summed E-state index contributed by atoms with van der Waals surface area (Å²) in [5.41, 5.74) is 6.08. The van der Waals surface area contributed by atoms with Crippen LogP contribution in [0.5, 0.6) is 0 Å². The Kier molecular flexibility index (Phi) is 3.15. The number of carbonyl (C=O) groups excluding carboxylic acids is 1. The molecule has 2 aliphatic rings. The monoisotopic (exact) mass is 221 g/mol. The number of hydrogen-bond acceptors (Lipinski definition) is 3. The van der Waals surface area contributed by atoms with Gasteiger partial charge in [0.15, 0.2) is 0 Å². The number of rotatable bonds is 3. The van der Waals surface area contributed by atoms with Crippen molar-refractivity contribution in [2.75, 3.05) is 6.54 Å². The molecule has 0 spiro atoms.